The van der Waals surface area contributed by atoms with Gasteiger partial charge in [0.05, 0.1) is 21.5 Å². The van der Waals surface area contributed by atoms with Crippen molar-refractivity contribution in [1.82, 2.24) is 15.5 Å². The molecular formula is C25H29Cl2F6N3O. The van der Waals surface area contributed by atoms with Crippen molar-refractivity contribution in [2.24, 2.45) is 5.92 Å². The fraction of sp³-hybridized carbons (Fsp3) is 0.560. The number of benzene rings is 1. The van der Waals surface area contributed by atoms with E-state index in [4.69, 9.17) is 23.2 Å². The number of halogens is 8. The number of carbonyl (C=O) groups is 1. The zero-order chi connectivity index (χ0) is 27.2. The molecule has 0 aromatic heterocycles. The molecule has 2 aliphatic rings. The first kappa shape index (κ1) is 29.8. The van der Waals surface area contributed by atoms with Gasteiger partial charge in [0.1, 0.15) is 0 Å². The Labute approximate surface area is 222 Å². The maximum Gasteiger partial charge on any atom is 0.416 e. The molecule has 4 nitrogen and oxygen atoms in total. The van der Waals surface area contributed by atoms with Gasteiger partial charge in [-0.15, -0.1) is 0 Å². The van der Waals surface area contributed by atoms with Crippen LogP contribution in [0.3, 0.4) is 0 Å². The van der Waals surface area contributed by atoms with Crippen molar-refractivity contribution in [2.75, 3.05) is 39.3 Å². The van der Waals surface area contributed by atoms with E-state index in [1.165, 1.54) is 12.8 Å². The second-order valence-electron chi connectivity index (χ2n) is 9.30. The Morgan fingerprint density at radius 1 is 1.03 bits per heavy atom. The summed E-state index contributed by atoms with van der Waals surface area (Å²) in [7, 11) is 0. The van der Waals surface area contributed by atoms with Crippen LogP contribution < -0.4 is 10.6 Å². The average Bonchev–Trinajstić information content (AvgIpc) is 3.34. The van der Waals surface area contributed by atoms with Gasteiger partial charge < -0.3 is 15.5 Å². The van der Waals surface area contributed by atoms with Crippen LogP contribution in [-0.2, 0) is 4.79 Å². The van der Waals surface area contributed by atoms with Crippen LogP contribution in [0, 0.1) is 5.92 Å². The lowest BCUT2D eigenvalue weighted by molar-refractivity contribution is -0.125. The fourth-order valence-electron chi connectivity index (χ4n) is 4.50. The molecule has 12 heteroatoms. The quantitative estimate of drug-likeness (QED) is 0.257. The number of nitrogens with zero attached hydrogens (tertiary/aromatic N) is 1. The van der Waals surface area contributed by atoms with Crippen molar-refractivity contribution in [3.05, 3.63) is 57.1 Å². The molecule has 1 fully saturated rings. The summed E-state index contributed by atoms with van der Waals surface area (Å²) in [5.41, 5.74) is -2.11. The molecule has 0 spiro atoms. The number of allylic oxidation sites excluding steroid dienone is 3. The highest BCUT2D eigenvalue weighted by molar-refractivity contribution is 6.42. The van der Waals surface area contributed by atoms with E-state index in [0.717, 1.165) is 31.7 Å². The van der Waals surface area contributed by atoms with Gasteiger partial charge in [-0.25, -0.2) is 0 Å². The Bertz CT molecular complexity index is 1000. The Balaban J connectivity index is 1.65. The minimum absolute atomic E-state index is 0.0152. The minimum atomic E-state index is -5.00. The van der Waals surface area contributed by atoms with Crippen molar-refractivity contribution in [1.29, 1.82) is 0 Å². The Morgan fingerprint density at radius 2 is 1.73 bits per heavy atom. The molecule has 3 rings (SSSR count). The van der Waals surface area contributed by atoms with Gasteiger partial charge in [0.2, 0.25) is 5.91 Å². The Hall–Kier alpha value is -1.75. The summed E-state index contributed by atoms with van der Waals surface area (Å²) in [6.45, 7) is 4.46. The molecule has 1 saturated heterocycles. The number of rotatable bonds is 10. The van der Waals surface area contributed by atoms with E-state index in [1.807, 2.05) is 0 Å². The highest BCUT2D eigenvalue weighted by atomic mass is 35.5. The summed E-state index contributed by atoms with van der Waals surface area (Å²) in [6.07, 6.45) is -7.26. The molecule has 1 amide bonds. The number of alkyl halides is 6. The summed E-state index contributed by atoms with van der Waals surface area (Å²) in [5, 5.41) is 6.56. The van der Waals surface area contributed by atoms with Crippen LogP contribution in [0.2, 0.25) is 10.0 Å². The second-order valence-corrected chi connectivity index (χ2v) is 10.1. The Morgan fingerprint density at radius 3 is 2.35 bits per heavy atom. The summed E-state index contributed by atoms with van der Waals surface area (Å²) in [5.74, 6) is -2.78. The number of hydrogen-bond donors (Lipinski definition) is 2. The van der Waals surface area contributed by atoms with Gasteiger partial charge in [-0.1, -0.05) is 35.3 Å². The van der Waals surface area contributed by atoms with Gasteiger partial charge in [-0.05, 0) is 69.1 Å². The van der Waals surface area contributed by atoms with Crippen LogP contribution in [0.25, 0.3) is 0 Å². The third kappa shape index (κ3) is 8.90. The molecule has 2 unspecified atom stereocenters. The fourth-order valence-corrected chi connectivity index (χ4v) is 4.81. The Kier molecular flexibility index (Phi) is 10.4. The highest BCUT2D eigenvalue weighted by Gasteiger charge is 2.43. The summed E-state index contributed by atoms with van der Waals surface area (Å²) < 4.78 is 79.3. The summed E-state index contributed by atoms with van der Waals surface area (Å²) >= 11 is 12.2. The van der Waals surface area contributed by atoms with E-state index in [0.29, 0.717) is 29.1 Å². The molecule has 1 aromatic carbocycles. The molecule has 1 heterocycles. The number of hydrogen-bond acceptors (Lipinski definition) is 3. The van der Waals surface area contributed by atoms with Crippen LogP contribution in [0.5, 0.6) is 0 Å². The maximum atomic E-state index is 13.2. The van der Waals surface area contributed by atoms with Gasteiger partial charge in [-0.3, -0.25) is 4.79 Å². The van der Waals surface area contributed by atoms with E-state index in [9.17, 15) is 31.1 Å². The van der Waals surface area contributed by atoms with Gasteiger partial charge >= 0.3 is 12.4 Å². The third-order valence-electron chi connectivity index (χ3n) is 6.59. The number of carbonyl (C=O) groups excluding carboxylic acids is 1. The molecular weight excluding hydrogens is 543 g/mol. The first-order valence-corrected chi connectivity index (χ1v) is 12.8. The molecule has 1 aliphatic carbocycles. The molecule has 1 aliphatic heterocycles. The molecule has 1 aromatic rings. The normalized spacial score (nSPS) is 19.9. The van der Waals surface area contributed by atoms with Crippen LogP contribution >= 0.6 is 23.2 Å². The van der Waals surface area contributed by atoms with E-state index in [2.05, 4.69) is 15.5 Å². The largest absolute Gasteiger partial charge is 0.416 e. The minimum Gasteiger partial charge on any atom is -0.355 e. The van der Waals surface area contributed by atoms with Crippen molar-refractivity contribution in [3.8, 4) is 0 Å². The maximum absolute atomic E-state index is 13.2. The second kappa shape index (κ2) is 12.9. The van der Waals surface area contributed by atoms with Gasteiger partial charge in [-0.2, -0.15) is 26.3 Å². The topological polar surface area (TPSA) is 44.4 Å². The molecule has 0 radical (unpaired) electrons. The summed E-state index contributed by atoms with van der Waals surface area (Å²) in [6, 6.07) is 4.99. The third-order valence-corrected chi connectivity index (χ3v) is 7.33. The lowest BCUT2D eigenvalue weighted by atomic mass is 9.88. The smallest absolute Gasteiger partial charge is 0.355 e. The first-order chi connectivity index (χ1) is 17.3. The zero-order valence-corrected chi connectivity index (χ0v) is 21.5. The van der Waals surface area contributed by atoms with Crippen molar-refractivity contribution >= 4 is 29.1 Å². The monoisotopic (exact) mass is 571 g/mol. The van der Waals surface area contributed by atoms with E-state index in [1.54, 1.807) is 18.2 Å². The van der Waals surface area contributed by atoms with E-state index in [-0.39, 0.29) is 18.5 Å². The van der Waals surface area contributed by atoms with Crippen LogP contribution in [0.15, 0.2) is 41.5 Å². The average molecular weight is 572 g/mol. The van der Waals surface area contributed by atoms with Gasteiger partial charge in [0, 0.05) is 31.1 Å². The predicted molar refractivity (Wildman–Crippen MR) is 132 cm³/mol. The molecule has 2 atom stereocenters. The van der Waals surface area contributed by atoms with Crippen LogP contribution in [-0.4, -0.2) is 62.4 Å². The molecule has 206 valence electrons. The number of nitrogens with one attached hydrogen (secondary N) is 2. The standard InChI is InChI=1S/C25H29Cl2F6N3O/c26-21-4-3-16(13-22(21)27)17(5-6-34-7-10-36-8-1-2-9-36)15-35-23(37)18-11-19(24(28,29)30)14-20(12-18)25(31,32)33/h3-4,11,13-14,17-18,34H,1-2,5-10,12,15H2,(H,35,37). The van der Waals surface area contributed by atoms with Gasteiger partial charge in [0.25, 0.3) is 0 Å². The molecule has 0 bridgehead atoms. The number of likely N-dealkylation sites (tertiary alicyclic amines) is 1. The van der Waals surface area contributed by atoms with Crippen molar-refractivity contribution in [3.63, 3.8) is 0 Å². The lowest BCUT2D eigenvalue weighted by Gasteiger charge is -2.25. The molecule has 0 saturated carbocycles. The SMILES string of the molecule is O=C(NCC(CCNCCN1CCCC1)c1ccc(Cl)c(Cl)c1)C1C=C(C(F)(F)F)C=C(C(F)(F)F)C1. The highest BCUT2D eigenvalue weighted by Crippen LogP contribution is 2.40. The van der Waals surface area contributed by atoms with E-state index < -0.39 is 41.7 Å². The van der Waals surface area contributed by atoms with Crippen LogP contribution in [0.1, 0.15) is 37.2 Å². The molecule has 37 heavy (non-hydrogen) atoms. The predicted octanol–water partition coefficient (Wildman–Crippen LogP) is 6.27. The summed E-state index contributed by atoms with van der Waals surface area (Å²) in [4.78, 5) is 15.1. The van der Waals surface area contributed by atoms with Crippen molar-refractivity contribution < 1.29 is 31.1 Å². The first-order valence-electron chi connectivity index (χ1n) is 12.1. The molecule has 2 N–H and O–H groups in total. The lowest BCUT2D eigenvalue weighted by Crippen LogP contribution is -2.37. The zero-order valence-electron chi connectivity index (χ0n) is 20.0. The van der Waals surface area contributed by atoms with Crippen molar-refractivity contribution in [2.45, 2.75) is 44.0 Å². The number of amides is 1. The van der Waals surface area contributed by atoms with Gasteiger partial charge in [0.15, 0.2) is 0 Å². The van der Waals surface area contributed by atoms with E-state index >= 15 is 0 Å². The van der Waals surface area contributed by atoms with Crippen LogP contribution in [0.4, 0.5) is 26.3 Å².